The Morgan fingerprint density at radius 2 is 1.88 bits per heavy atom. The molecule has 2 aliphatic rings. The van der Waals surface area contributed by atoms with Crippen LogP contribution in [-0.2, 0) is 9.53 Å². The van der Waals surface area contributed by atoms with E-state index in [4.69, 9.17) is 4.74 Å². The zero-order chi connectivity index (χ0) is 17.5. The molecule has 2 heterocycles. The fourth-order valence-electron chi connectivity index (χ4n) is 3.34. The highest BCUT2D eigenvalue weighted by Crippen LogP contribution is 2.16. The van der Waals surface area contributed by atoms with Crippen LogP contribution in [0.1, 0.15) is 42.5 Å². The molecule has 6 nitrogen and oxygen atoms in total. The van der Waals surface area contributed by atoms with Crippen LogP contribution >= 0.6 is 0 Å². The minimum absolute atomic E-state index is 0.0336. The van der Waals surface area contributed by atoms with Crippen molar-refractivity contribution in [3.8, 4) is 0 Å². The molecule has 1 unspecified atom stereocenters. The third-order valence-corrected chi connectivity index (χ3v) is 4.93. The van der Waals surface area contributed by atoms with E-state index in [0.717, 1.165) is 44.5 Å². The van der Waals surface area contributed by atoms with Gasteiger partial charge in [-0.15, -0.1) is 0 Å². The standard InChI is InChI=1S/C19H27N3O3/c23-18(6-1-14-7-10-20-13-14)21-16-4-2-15(3-5-16)19(24)22-17-8-11-25-12-9-17/h2-5,14,17,20H,1,6-13H2,(H,21,23)(H,22,24). The predicted octanol–water partition coefficient (Wildman–Crippen LogP) is 1.92. The highest BCUT2D eigenvalue weighted by atomic mass is 16.5. The van der Waals surface area contributed by atoms with Gasteiger partial charge in [0, 0.05) is 36.9 Å². The average molecular weight is 345 g/mol. The van der Waals surface area contributed by atoms with Crippen LogP contribution in [0.4, 0.5) is 5.69 Å². The molecule has 3 N–H and O–H groups in total. The zero-order valence-electron chi connectivity index (χ0n) is 14.6. The Labute approximate surface area is 148 Å². The van der Waals surface area contributed by atoms with Crippen LogP contribution in [0.3, 0.4) is 0 Å². The second kappa shape index (κ2) is 8.97. The van der Waals surface area contributed by atoms with E-state index in [0.29, 0.717) is 31.1 Å². The summed E-state index contributed by atoms with van der Waals surface area (Å²) in [6.07, 6.45) is 4.33. The molecule has 2 saturated heterocycles. The maximum atomic E-state index is 12.3. The summed E-state index contributed by atoms with van der Waals surface area (Å²) < 4.78 is 5.30. The van der Waals surface area contributed by atoms with E-state index >= 15 is 0 Å². The fraction of sp³-hybridized carbons (Fsp3) is 0.579. The minimum Gasteiger partial charge on any atom is -0.381 e. The van der Waals surface area contributed by atoms with Gasteiger partial charge in [0.25, 0.3) is 5.91 Å². The second-order valence-electron chi connectivity index (χ2n) is 6.88. The van der Waals surface area contributed by atoms with Crippen LogP contribution in [0.15, 0.2) is 24.3 Å². The fourth-order valence-corrected chi connectivity index (χ4v) is 3.34. The molecule has 25 heavy (non-hydrogen) atoms. The van der Waals surface area contributed by atoms with Crippen LogP contribution in [0.25, 0.3) is 0 Å². The molecule has 0 aromatic heterocycles. The molecule has 6 heteroatoms. The largest absolute Gasteiger partial charge is 0.381 e. The van der Waals surface area contributed by atoms with Crippen molar-refractivity contribution in [2.75, 3.05) is 31.6 Å². The smallest absolute Gasteiger partial charge is 0.251 e. The molecule has 2 aliphatic heterocycles. The molecule has 0 aliphatic carbocycles. The van der Waals surface area contributed by atoms with E-state index < -0.39 is 0 Å². The summed E-state index contributed by atoms with van der Waals surface area (Å²) >= 11 is 0. The highest BCUT2D eigenvalue weighted by molar-refractivity contribution is 5.96. The summed E-state index contributed by atoms with van der Waals surface area (Å²) in [5, 5.41) is 9.26. The van der Waals surface area contributed by atoms with Crippen LogP contribution in [0, 0.1) is 5.92 Å². The SMILES string of the molecule is O=C(CCC1CCNC1)Nc1ccc(C(=O)NC2CCOCC2)cc1. The highest BCUT2D eigenvalue weighted by Gasteiger charge is 2.17. The third kappa shape index (κ3) is 5.54. The Balaban J connectivity index is 1.44. The summed E-state index contributed by atoms with van der Waals surface area (Å²) in [5.41, 5.74) is 1.35. The lowest BCUT2D eigenvalue weighted by molar-refractivity contribution is -0.116. The Kier molecular flexibility index (Phi) is 6.42. The van der Waals surface area contributed by atoms with Crippen molar-refractivity contribution in [1.82, 2.24) is 10.6 Å². The number of anilines is 1. The Bertz CT molecular complexity index is 576. The van der Waals surface area contributed by atoms with E-state index in [1.54, 1.807) is 24.3 Å². The number of nitrogens with one attached hydrogen (secondary N) is 3. The third-order valence-electron chi connectivity index (χ3n) is 4.93. The summed E-state index contributed by atoms with van der Waals surface area (Å²) in [5.74, 6) is 0.576. The summed E-state index contributed by atoms with van der Waals surface area (Å²) in [7, 11) is 0. The van der Waals surface area contributed by atoms with E-state index in [1.165, 1.54) is 0 Å². The molecular formula is C19H27N3O3. The van der Waals surface area contributed by atoms with Crippen LogP contribution in [-0.4, -0.2) is 44.2 Å². The normalized spacial score (nSPS) is 21.0. The van der Waals surface area contributed by atoms with Gasteiger partial charge in [-0.3, -0.25) is 9.59 Å². The van der Waals surface area contributed by atoms with Crippen LogP contribution < -0.4 is 16.0 Å². The molecule has 0 radical (unpaired) electrons. The lowest BCUT2D eigenvalue weighted by Crippen LogP contribution is -2.38. The zero-order valence-corrected chi connectivity index (χ0v) is 14.6. The monoisotopic (exact) mass is 345 g/mol. The van der Waals surface area contributed by atoms with Gasteiger partial charge >= 0.3 is 0 Å². The van der Waals surface area contributed by atoms with Crippen molar-refractivity contribution in [1.29, 1.82) is 0 Å². The number of hydrogen-bond donors (Lipinski definition) is 3. The molecule has 3 rings (SSSR count). The van der Waals surface area contributed by atoms with Crippen molar-refractivity contribution in [2.24, 2.45) is 5.92 Å². The van der Waals surface area contributed by atoms with Gasteiger partial charge in [0.1, 0.15) is 0 Å². The maximum Gasteiger partial charge on any atom is 0.251 e. The lowest BCUT2D eigenvalue weighted by atomic mass is 10.0. The minimum atomic E-state index is -0.0708. The van der Waals surface area contributed by atoms with Crippen LogP contribution in [0.5, 0.6) is 0 Å². The number of benzene rings is 1. The number of rotatable bonds is 6. The van der Waals surface area contributed by atoms with Gasteiger partial charge in [0.15, 0.2) is 0 Å². The van der Waals surface area contributed by atoms with E-state index in [-0.39, 0.29) is 17.9 Å². The molecule has 2 fully saturated rings. The van der Waals surface area contributed by atoms with Crippen LogP contribution in [0.2, 0.25) is 0 Å². The molecular weight excluding hydrogens is 318 g/mol. The maximum absolute atomic E-state index is 12.3. The molecule has 136 valence electrons. The summed E-state index contributed by atoms with van der Waals surface area (Å²) in [6, 6.07) is 7.27. The second-order valence-corrected chi connectivity index (χ2v) is 6.88. The Morgan fingerprint density at radius 1 is 1.12 bits per heavy atom. The molecule has 0 saturated carbocycles. The first-order valence-corrected chi connectivity index (χ1v) is 9.20. The first-order valence-electron chi connectivity index (χ1n) is 9.20. The van der Waals surface area contributed by atoms with Crippen molar-refractivity contribution < 1.29 is 14.3 Å². The van der Waals surface area contributed by atoms with Gasteiger partial charge in [-0.1, -0.05) is 0 Å². The van der Waals surface area contributed by atoms with E-state index in [1.807, 2.05) is 0 Å². The van der Waals surface area contributed by atoms with E-state index in [2.05, 4.69) is 16.0 Å². The van der Waals surface area contributed by atoms with Gasteiger partial charge in [0.05, 0.1) is 0 Å². The quantitative estimate of drug-likeness (QED) is 0.736. The molecule has 1 atom stereocenters. The number of carbonyl (C=O) groups excluding carboxylic acids is 2. The molecule has 2 amide bonds. The van der Waals surface area contributed by atoms with Crippen molar-refractivity contribution in [3.63, 3.8) is 0 Å². The van der Waals surface area contributed by atoms with Gasteiger partial charge < -0.3 is 20.7 Å². The Morgan fingerprint density at radius 3 is 2.56 bits per heavy atom. The first kappa shape index (κ1) is 17.9. The van der Waals surface area contributed by atoms with Gasteiger partial charge in [-0.05, 0) is 69.0 Å². The number of ether oxygens (including phenoxy) is 1. The predicted molar refractivity (Wildman–Crippen MR) is 96.6 cm³/mol. The molecule has 1 aromatic carbocycles. The van der Waals surface area contributed by atoms with Crippen molar-refractivity contribution in [3.05, 3.63) is 29.8 Å². The topological polar surface area (TPSA) is 79.5 Å². The summed E-state index contributed by atoms with van der Waals surface area (Å²) in [6.45, 7) is 3.48. The average Bonchev–Trinajstić information content (AvgIpc) is 3.15. The summed E-state index contributed by atoms with van der Waals surface area (Å²) in [4.78, 5) is 24.3. The van der Waals surface area contributed by atoms with Gasteiger partial charge in [0.2, 0.25) is 5.91 Å². The lowest BCUT2D eigenvalue weighted by Gasteiger charge is -2.23. The Hall–Kier alpha value is -1.92. The number of carbonyl (C=O) groups is 2. The van der Waals surface area contributed by atoms with Gasteiger partial charge in [-0.2, -0.15) is 0 Å². The number of hydrogen-bond acceptors (Lipinski definition) is 4. The molecule has 0 bridgehead atoms. The van der Waals surface area contributed by atoms with Gasteiger partial charge in [-0.25, -0.2) is 0 Å². The van der Waals surface area contributed by atoms with E-state index in [9.17, 15) is 9.59 Å². The van der Waals surface area contributed by atoms with Crippen molar-refractivity contribution in [2.45, 2.75) is 38.1 Å². The van der Waals surface area contributed by atoms with Crippen molar-refractivity contribution >= 4 is 17.5 Å². The molecule has 0 spiro atoms. The molecule has 1 aromatic rings. The first-order chi connectivity index (χ1) is 12.2. The number of amides is 2.